The Balaban J connectivity index is 3.21. The third-order valence-electron chi connectivity index (χ3n) is 3.04. The van der Waals surface area contributed by atoms with Gasteiger partial charge < -0.3 is 5.11 Å². The molecular formula is C15H28O2. The minimum absolute atomic E-state index is 0.343. The Hall–Kier alpha value is -0.790. The van der Waals surface area contributed by atoms with Crippen molar-refractivity contribution < 1.29 is 9.90 Å². The lowest BCUT2D eigenvalue weighted by atomic mass is 10.1. The van der Waals surface area contributed by atoms with Gasteiger partial charge >= 0.3 is 5.97 Å². The number of rotatable bonds is 11. The fourth-order valence-electron chi connectivity index (χ4n) is 1.78. The zero-order chi connectivity index (χ0) is 12.9. The summed E-state index contributed by atoms with van der Waals surface area (Å²) in [6.07, 6.45) is 15.4. The largest absolute Gasteiger partial charge is 0.481 e. The predicted molar refractivity (Wildman–Crippen MR) is 73.2 cm³/mol. The van der Waals surface area contributed by atoms with Gasteiger partial charge in [0, 0.05) is 0 Å². The summed E-state index contributed by atoms with van der Waals surface area (Å²) in [6, 6.07) is 0. The highest BCUT2D eigenvalue weighted by atomic mass is 16.4. The van der Waals surface area contributed by atoms with E-state index >= 15 is 0 Å². The minimum Gasteiger partial charge on any atom is -0.481 e. The van der Waals surface area contributed by atoms with Crippen molar-refractivity contribution in [3.05, 3.63) is 12.2 Å². The maximum Gasteiger partial charge on any atom is 0.310 e. The van der Waals surface area contributed by atoms with Crippen LogP contribution in [0.2, 0.25) is 0 Å². The highest BCUT2D eigenvalue weighted by molar-refractivity contribution is 5.71. The van der Waals surface area contributed by atoms with Crippen molar-refractivity contribution in [1.82, 2.24) is 0 Å². The standard InChI is InChI=1S/C15H28O2/c1-3-4-5-6-7-8-9-10-11-12-13-14(2)15(16)17/h12-14H,3-11H2,1-2H3,(H,16,17)/b13-12-. The highest BCUT2D eigenvalue weighted by Gasteiger charge is 2.04. The van der Waals surface area contributed by atoms with Crippen LogP contribution >= 0.6 is 0 Å². The molecule has 0 aliphatic rings. The highest BCUT2D eigenvalue weighted by Crippen LogP contribution is 2.10. The molecule has 2 nitrogen and oxygen atoms in total. The summed E-state index contributed by atoms with van der Waals surface area (Å²) < 4.78 is 0. The number of carbonyl (C=O) groups is 1. The predicted octanol–water partition coefficient (Wildman–Crippen LogP) is 4.79. The number of allylic oxidation sites excluding steroid dienone is 1. The molecule has 0 saturated heterocycles. The zero-order valence-electron chi connectivity index (χ0n) is 11.5. The van der Waals surface area contributed by atoms with Crippen molar-refractivity contribution in [2.24, 2.45) is 5.92 Å². The molecule has 0 heterocycles. The van der Waals surface area contributed by atoms with E-state index in [1.807, 2.05) is 6.08 Å². The molecule has 0 saturated carbocycles. The molecule has 17 heavy (non-hydrogen) atoms. The number of unbranched alkanes of at least 4 members (excludes halogenated alkanes) is 8. The fourth-order valence-corrected chi connectivity index (χ4v) is 1.78. The van der Waals surface area contributed by atoms with Gasteiger partial charge in [-0.25, -0.2) is 0 Å². The maximum atomic E-state index is 10.5. The second kappa shape index (κ2) is 11.7. The van der Waals surface area contributed by atoms with Crippen molar-refractivity contribution in [3.8, 4) is 0 Å². The SMILES string of the molecule is CCCCCCCCCC/C=C\C(C)C(=O)O. The summed E-state index contributed by atoms with van der Waals surface area (Å²) in [5.74, 6) is -1.08. The van der Waals surface area contributed by atoms with Crippen molar-refractivity contribution in [2.75, 3.05) is 0 Å². The van der Waals surface area contributed by atoms with Crippen LogP contribution in [-0.4, -0.2) is 11.1 Å². The van der Waals surface area contributed by atoms with Gasteiger partial charge in [-0.15, -0.1) is 0 Å². The van der Waals surface area contributed by atoms with E-state index in [0.29, 0.717) is 0 Å². The van der Waals surface area contributed by atoms with Gasteiger partial charge in [-0.2, -0.15) is 0 Å². The molecule has 0 aromatic heterocycles. The maximum absolute atomic E-state index is 10.5. The monoisotopic (exact) mass is 240 g/mol. The first kappa shape index (κ1) is 16.2. The number of carboxylic acid groups (broad SMARTS) is 1. The Morgan fingerprint density at radius 1 is 1.06 bits per heavy atom. The van der Waals surface area contributed by atoms with Gasteiger partial charge in [0.25, 0.3) is 0 Å². The van der Waals surface area contributed by atoms with Crippen molar-refractivity contribution in [1.29, 1.82) is 0 Å². The van der Waals surface area contributed by atoms with Gasteiger partial charge in [-0.1, -0.05) is 64.0 Å². The first-order chi connectivity index (χ1) is 8.18. The van der Waals surface area contributed by atoms with Crippen LogP contribution in [0.5, 0.6) is 0 Å². The van der Waals surface area contributed by atoms with Crippen LogP contribution < -0.4 is 0 Å². The first-order valence-electron chi connectivity index (χ1n) is 7.08. The lowest BCUT2D eigenvalue weighted by molar-refractivity contribution is -0.139. The van der Waals surface area contributed by atoms with Crippen LogP contribution in [0.3, 0.4) is 0 Å². The van der Waals surface area contributed by atoms with Crippen LogP contribution in [0.1, 0.15) is 71.6 Å². The molecule has 0 bridgehead atoms. The minimum atomic E-state index is -0.739. The van der Waals surface area contributed by atoms with E-state index in [-0.39, 0.29) is 5.92 Å². The average molecular weight is 240 g/mol. The number of carboxylic acids is 1. The van der Waals surface area contributed by atoms with E-state index in [2.05, 4.69) is 6.92 Å². The molecule has 0 aromatic carbocycles. The first-order valence-corrected chi connectivity index (χ1v) is 7.08. The molecular weight excluding hydrogens is 212 g/mol. The van der Waals surface area contributed by atoms with E-state index in [0.717, 1.165) is 6.42 Å². The molecule has 100 valence electrons. The van der Waals surface area contributed by atoms with Gasteiger partial charge in [0.05, 0.1) is 5.92 Å². The Morgan fingerprint density at radius 3 is 2.12 bits per heavy atom. The van der Waals surface area contributed by atoms with Crippen LogP contribution in [-0.2, 0) is 4.79 Å². The second-order valence-electron chi connectivity index (χ2n) is 4.82. The Kier molecular flexibility index (Phi) is 11.1. The third kappa shape index (κ3) is 11.5. The van der Waals surface area contributed by atoms with Crippen LogP contribution in [0.4, 0.5) is 0 Å². The third-order valence-corrected chi connectivity index (χ3v) is 3.04. The number of hydrogen-bond acceptors (Lipinski definition) is 1. The Morgan fingerprint density at radius 2 is 1.59 bits per heavy atom. The summed E-state index contributed by atoms with van der Waals surface area (Å²) in [5.41, 5.74) is 0. The fraction of sp³-hybridized carbons (Fsp3) is 0.800. The molecule has 0 fully saturated rings. The molecule has 0 radical (unpaired) electrons. The molecule has 0 aliphatic carbocycles. The summed E-state index contributed by atoms with van der Waals surface area (Å²) >= 11 is 0. The van der Waals surface area contributed by atoms with Crippen LogP contribution in [0, 0.1) is 5.92 Å². The van der Waals surface area contributed by atoms with Crippen LogP contribution in [0.25, 0.3) is 0 Å². The number of hydrogen-bond donors (Lipinski definition) is 1. The summed E-state index contributed by atoms with van der Waals surface area (Å²) in [4.78, 5) is 10.5. The van der Waals surface area contributed by atoms with Gasteiger partial charge in [0.1, 0.15) is 0 Å². The molecule has 1 unspecified atom stereocenters. The molecule has 1 N–H and O–H groups in total. The second-order valence-corrected chi connectivity index (χ2v) is 4.82. The lowest BCUT2D eigenvalue weighted by Crippen LogP contribution is -2.05. The normalized spacial score (nSPS) is 13.1. The smallest absolute Gasteiger partial charge is 0.310 e. The quantitative estimate of drug-likeness (QED) is 0.416. The van der Waals surface area contributed by atoms with E-state index < -0.39 is 5.97 Å². The summed E-state index contributed by atoms with van der Waals surface area (Å²) in [6.45, 7) is 3.96. The molecule has 1 atom stereocenters. The Bertz CT molecular complexity index is 209. The molecule has 0 rings (SSSR count). The Labute approximate surface area is 106 Å². The lowest BCUT2D eigenvalue weighted by Gasteiger charge is -2.00. The zero-order valence-corrected chi connectivity index (χ0v) is 11.5. The van der Waals surface area contributed by atoms with Gasteiger partial charge in [0.15, 0.2) is 0 Å². The molecule has 0 aliphatic heterocycles. The van der Waals surface area contributed by atoms with E-state index in [9.17, 15) is 4.79 Å². The molecule has 0 spiro atoms. The van der Waals surface area contributed by atoms with E-state index in [1.165, 1.54) is 51.4 Å². The van der Waals surface area contributed by atoms with Crippen LogP contribution in [0.15, 0.2) is 12.2 Å². The molecule has 2 heteroatoms. The number of aliphatic carboxylic acids is 1. The van der Waals surface area contributed by atoms with Gasteiger partial charge in [-0.05, 0) is 19.8 Å². The van der Waals surface area contributed by atoms with Gasteiger partial charge in [-0.3, -0.25) is 4.79 Å². The van der Waals surface area contributed by atoms with Crippen molar-refractivity contribution >= 4 is 5.97 Å². The van der Waals surface area contributed by atoms with Crippen molar-refractivity contribution in [3.63, 3.8) is 0 Å². The van der Waals surface area contributed by atoms with Gasteiger partial charge in [0.2, 0.25) is 0 Å². The van der Waals surface area contributed by atoms with E-state index in [4.69, 9.17) is 5.11 Å². The van der Waals surface area contributed by atoms with E-state index in [1.54, 1.807) is 13.0 Å². The average Bonchev–Trinajstić information content (AvgIpc) is 2.31. The van der Waals surface area contributed by atoms with Crippen molar-refractivity contribution in [2.45, 2.75) is 71.6 Å². The molecule has 0 amide bonds. The summed E-state index contributed by atoms with van der Waals surface area (Å²) in [5, 5.41) is 8.67. The summed E-state index contributed by atoms with van der Waals surface area (Å²) in [7, 11) is 0. The topological polar surface area (TPSA) is 37.3 Å². The molecule has 0 aromatic rings.